The first-order chi connectivity index (χ1) is 10.7. The van der Waals surface area contributed by atoms with Gasteiger partial charge >= 0.3 is 0 Å². The van der Waals surface area contributed by atoms with Crippen LogP contribution in [0, 0.1) is 0 Å². The number of hydrogen-bond acceptors (Lipinski definition) is 4. The highest BCUT2D eigenvalue weighted by Gasteiger charge is 2.12. The predicted octanol–water partition coefficient (Wildman–Crippen LogP) is 4.58. The highest BCUT2D eigenvalue weighted by Crippen LogP contribution is 2.35. The fraction of sp³-hybridized carbons (Fsp3) is 0.111. The van der Waals surface area contributed by atoms with Crippen LogP contribution in [0.1, 0.15) is 0 Å². The number of nitrogens with zero attached hydrogens (tertiary/aromatic N) is 3. The van der Waals surface area contributed by atoms with Crippen LogP contribution in [0.15, 0.2) is 54.6 Å². The Morgan fingerprint density at radius 2 is 1.59 bits per heavy atom. The molecule has 0 spiro atoms. The van der Waals surface area contributed by atoms with Crippen molar-refractivity contribution in [3.8, 4) is 10.6 Å². The number of hydrogen-bond donors (Lipinski definition) is 0. The molecule has 0 fully saturated rings. The van der Waals surface area contributed by atoms with E-state index >= 15 is 0 Å². The van der Waals surface area contributed by atoms with E-state index in [1.807, 2.05) is 31.1 Å². The monoisotopic (exact) mass is 305 g/mol. The second kappa shape index (κ2) is 5.07. The fourth-order valence-electron chi connectivity index (χ4n) is 2.55. The minimum Gasteiger partial charge on any atom is -0.363 e. The van der Waals surface area contributed by atoms with Crippen LogP contribution >= 0.6 is 11.3 Å². The standard InChI is InChI=1S/C18H15N3S/c1-21(2)17-11-13(12-7-3-4-8-14(12)19-17)18-20-15-9-5-6-10-16(15)22-18/h3-11H,1-2H3. The number of aromatic nitrogens is 2. The molecule has 2 heterocycles. The fourth-order valence-corrected chi connectivity index (χ4v) is 3.55. The van der Waals surface area contributed by atoms with E-state index in [4.69, 9.17) is 9.97 Å². The van der Waals surface area contributed by atoms with E-state index in [0.29, 0.717) is 0 Å². The Morgan fingerprint density at radius 3 is 2.36 bits per heavy atom. The average molecular weight is 305 g/mol. The molecule has 3 nitrogen and oxygen atoms in total. The van der Waals surface area contributed by atoms with Crippen molar-refractivity contribution in [1.29, 1.82) is 0 Å². The van der Waals surface area contributed by atoms with Crippen LogP contribution in [0.5, 0.6) is 0 Å². The number of pyridine rings is 1. The molecular formula is C18H15N3S. The van der Waals surface area contributed by atoms with Gasteiger partial charge in [0, 0.05) is 25.0 Å². The number of para-hydroxylation sites is 2. The van der Waals surface area contributed by atoms with Crippen LogP contribution in [0.4, 0.5) is 5.82 Å². The Hall–Kier alpha value is -2.46. The zero-order chi connectivity index (χ0) is 15.1. The molecule has 0 aliphatic rings. The quantitative estimate of drug-likeness (QED) is 0.543. The topological polar surface area (TPSA) is 29.0 Å². The predicted molar refractivity (Wildman–Crippen MR) is 94.7 cm³/mol. The van der Waals surface area contributed by atoms with Gasteiger partial charge in [-0.1, -0.05) is 30.3 Å². The van der Waals surface area contributed by atoms with E-state index in [2.05, 4.69) is 42.5 Å². The third-order valence-electron chi connectivity index (χ3n) is 3.69. The summed E-state index contributed by atoms with van der Waals surface area (Å²) < 4.78 is 1.21. The SMILES string of the molecule is CN(C)c1cc(-c2nc3ccccc3s2)c2ccccc2n1. The van der Waals surface area contributed by atoms with Crippen LogP contribution in [0.3, 0.4) is 0 Å². The van der Waals surface area contributed by atoms with Crippen molar-refractivity contribution in [2.75, 3.05) is 19.0 Å². The summed E-state index contributed by atoms with van der Waals surface area (Å²) in [5.74, 6) is 0.952. The lowest BCUT2D eigenvalue weighted by Crippen LogP contribution is -2.10. The average Bonchev–Trinajstić information content (AvgIpc) is 2.97. The normalized spacial score (nSPS) is 11.2. The molecule has 2 aromatic heterocycles. The smallest absolute Gasteiger partial charge is 0.129 e. The van der Waals surface area contributed by atoms with Crippen LogP contribution in [0.25, 0.3) is 31.7 Å². The molecule has 0 saturated heterocycles. The molecule has 0 unspecified atom stereocenters. The zero-order valence-corrected chi connectivity index (χ0v) is 13.3. The minimum absolute atomic E-state index is 0.952. The van der Waals surface area contributed by atoms with E-state index in [1.165, 1.54) is 4.70 Å². The van der Waals surface area contributed by atoms with Crippen molar-refractivity contribution < 1.29 is 0 Å². The Bertz CT molecular complexity index is 939. The van der Waals surface area contributed by atoms with E-state index < -0.39 is 0 Å². The number of rotatable bonds is 2. The second-order valence-corrected chi connectivity index (χ2v) is 6.46. The summed E-state index contributed by atoms with van der Waals surface area (Å²) in [7, 11) is 4.03. The molecule has 0 saturated carbocycles. The van der Waals surface area contributed by atoms with E-state index in [9.17, 15) is 0 Å². The van der Waals surface area contributed by atoms with E-state index in [-0.39, 0.29) is 0 Å². The van der Waals surface area contributed by atoms with Crippen LogP contribution in [-0.2, 0) is 0 Å². The third-order valence-corrected chi connectivity index (χ3v) is 4.75. The van der Waals surface area contributed by atoms with Crippen molar-refractivity contribution >= 4 is 38.3 Å². The second-order valence-electron chi connectivity index (χ2n) is 5.43. The lowest BCUT2D eigenvalue weighted by molar-refractivity contribution is 1.08. The molecule has 0 radical (unpaired) electrons. The number of anilines is 1. The molecule has 108 valence electrons. The molecule has 4 heteroatoms. The number of thiazole rings is 1. The number of benzene rings is 2. The van der Waals surface area contributed by atoms with Crippen molar-refractivity contribution in [3.63, 3.8) is 0 Å². The first kappa shape index (κ1) is 13.2. The molecule has 0 atom stereocenters. The highest BCUT2D eigenvalue weighted by atomic mass is 32.1. The number of fused-ring (bicyclic) bond motifs is 2. The summed E-state index contributed by atoms with van der Waals surface area (Å²) in [6.45, 7) is 0. The van der Waals surface area contributed by atoms with Gasteiger partial charge in [0.05, 0.1) is 15.7 Å². The molecule has 22 heavy (non-hydrogen) atoms. The Labute approximate surface area is 132 Å². The van der Waals surface area contributed by atoms with Gasteiger partial charge in [-0.2, -0.15) is 0 Å². The molecule has 0 N–H and O–H groups in total. The molecule has 0 aliphatic heterocycles. The molecular weight excluding hydrogens is 290 g/mol. The molecule has 2 aromatic carbocycles. The highest BCUT2D eigenvalue weighted by molar-refractivity contribution is 7.21. The van der Waals surface area contributed by atoms with Crippen LogP contribution < -0.4 is 4.90 Å². The molecule has 0 amide bonds. The van der Waals surface area contributed by atoms with Gasteiger partial charge in [0.1, 0.15) is 10.8 Å². The largest absolute Gasteiger partial charge is 0.363 e. The first-order valence-corrected chi connectivity index (χ1v) is 7.97. The van der Waals surface area contributed by atoms with Gasteiger partial charge in [-0.05, 0) is 24.3 Å². The van der Waals surface area contributed by atoms with Crippen molar-refractivity contribution in [1.82, 2.24) is 9.97 Å². The maximum Gasteiger partial charge on any atom is 0.129 e. The van der Waals surface area contributed by atoms with Crippen LogP contribution in [-0.4, -0.2) is 24.1 Å². The van der Waals surface area contributed by atoms with E-state index in [1.54, 1.807) is 11.3 Å². The summed E-state index contributed by atoms with van der Waals surface area (Å²) in [5.41, 5.74) is 3.20. The van der Waals surface area contributed by atoms with E-state index in [0.717, 1.165) is 32.8 Å². The lowest BCUT2D eigenvalue weighted by atomic mass is 10.1. The maximum absolute atomic E-state index is 4.81. The molecule has 4 rings (SSSR count). The first-order valence-electron chi connectivity index (χ1n) is 7.15. The lowest BCUT2D eigenvalue weighted by Gasteiger charge is -2.14. The Kier molecular flexibility index (Phi) is 3.05. The molecule has 4 aromatic rings. The Balaban J connectivity index is 2.03. The van der Waals surface area contributed by atoms with Gasteiger partial charge in [-0.3, -0.25) is 0 Å². The van der Waals surface area contributed by atoms with Gasteiger partial charge in [0.25, 0.3) is 0 Å². The summed E-state index contributed by atoms with van der Waals surface area (Å²) in [6.07, 6.45) is 0. The van der Waals surface area contributed by atoms with Crippen molar-refractivity contribution in [2.45, 2.75) is 0 Å². The third kappa shape index (κ3) is 2.12. The van der Waals surface area contributed by atoms with Crippen LogP contribution in [0.2, 0.25) is 0 Å². The summed E-state index contributed by atoms with van der Waals surface area (Å²) >= 11 is 1.73. The minimum atomic E-state index is 0.952. The van der Waals surface area contributed by atoms with Gasteiger partial charge in [0.2, 0.25) is 0 Å². The summed E-state index contributed by atoms with van der Waals surface area (Å²) in [5, 5.41) is 2.19. The summed E-state index contributed by atoms with van der Waals surface area (Å²) in [4.78, 5) is 11.6. The zero-order valence-electron chi connectivity index (χ0n) is 12.4. The van der Waals surface area contributed by atoms with Gasteiger partial charge in [-0.15, -0.1) is 11.3 Å². The maximum atomic E-state index is 4.81. The van der Waals surface area contributed by atoms with Gasteiger partial charge in [-0.25, -0.2) is 9.97 Å². The summed E-state index contributed by atoms with van der Waals surface area (Å²) in [6, 6.07) is 18.6. The van der Waals surface area contributed by atoms with Gasteiger partial charge < -0.3 is 4.90 Å². The van der Waals surface area contributed by atoms with Crippen molar-refractivity contribution in [2.24, 2.45) is 0 Å². The van der Waals surface area contributed by atoms with Gasteiger partial charge in [0.15, 0.2) is 0 Å². The molecule has 0 aliphatic carbocycles. The Morgan fingerprint density at radius 1 is 0.864 bits per heavy atom. The molecule has 0 bridgehead atoms. The van der Waals surface area contributed by atoms with Crippen molar-refractivity contribution in [3.05, 3.63) is 54.6 Å².